The molecule has 0 radical (unpaired) electrons. The van der Waals surface area contributed by atoms with Crippen LogP contribution in [0.25, 0.3) is 5.69 Å². The van der Waals surface area contributed by atoms with Crippen LogP contribution in [0.15, 0.2) is 40.0 Å². The number of aromatic nitrogens is 2. The fraction of sp³-hybridized carbons (Fsp3) is 0.0909. The topological polar surface area (TPSA) is 69.0 Å². The van der Waals surface area contributed by atoms with Crippen molar-refractivity contribution in [1.82, 2.24) is 9.78 Å². The second kappa shape index (κ2) is 4.66. The number of carbonyl (C=O) groups excluding carboxylic acids is 1. The van der Waals surface area contributed by atoms with Gasteiger partial charge in [-0.1, -0.05) is 15.9 Å². The SMILES string of the molecule is CS(=O)(=O)c1cnn(-c2ccc(Br)cc2C=O)c1. The molecular formula is C11H9BrN2O3S. The Labute approximate surface area is 112 Å². The summed E-state index contributed by atoms with van der Waals surface area (Å²) in [5.74, 6) is 0. The lowest BCUT2D eigenvalue weighted by Crippen LogP contribution is -2.00. The van der Waals surface area contributed by atoms with Crippen LogP contribution in [0, 0.1) is 0 Å². The van der Waals surface area contributed by atoms with Gasteiger partial charge in [-0.3, -0.25) is 4.79 Å². The van der Waals surface area contributed by atoms with E-state index in [1.807, 2.05) is 0 Å². The molecule has 5 nitrogen and oxygen atoms in total. The Morgan fingerprint density at radius 2 is 2.11 bits per heavy atom. The van der Waals surface area contributed by atoms with Crippen molar-refractivity contribution in [2.45, 2.75) is 4.90 Å². The highest BCUT2D eigenvalue weighted by Gasteiger charge is 2.12. The van der Waals surface area contributed by atoms with E-state index in [0.717, 1.165) is 10.7 Å². The van der Waals surface area contributed by atoms with Gasteiger partial charge < -0.3 is 0 Å². The number of hydrogen-bond acceptors (Lipinski definition) is 4. The summed E-state index contributed by atoms with van der Waals surface area (Å²) in [5.41, 5.74) is 0.954. The minimum absolute atomic E-state index is 0.113. The van der Waals surface area contributed by atoms with Crippen molar-refractivity contribution in [3.63, 3.8) is 0 Å². The van der Waals surface area contributed by atoms with Crippen LogP contribution >= 0.6 is 15.9 Å². The molecule has 0 bridgehead atoms. The number of hydrogen-bond donors (Lipinski definition) is 0. The Bertz CT molecular complexity index is 707. The summed E-state index contributed by atoms with van der Waals surface area (Å²) in [6.45, 7) is 0. The molecule has 0 saturated heterocycles. The Kier molecular flexibility index (Phi) is 3.36. The zero-order valence-corrected chi connectivity index (χ0v) is 11.8. The van der Waals surface area contributed by atoms with E-state index in [4.69, 9.17) is 0 Å². The molecule has 0 atom stereocenters. The standard InChI is InChI=1S/C11H9BrN2O3S/c1-18(16,17)10-5-13-14(6-10)11-3-2-9(12)4-8(11)7-15/h2-7H,1H3. The number of aldehydes is 1. The summed E-state index contributed by atoms with van der Waals surface area (Å²) < 4.78 is 24.8. The van der Waals surface area contributed by atoms with Gasteiger partial charge in [0, 0.05) is 22.5 Å². The monoisotopic (exact) mass is 328 g/mol. The van der Waals surface area contributed by atoms with Crippen molar-refractivity contribution in [2.75, 3.05) is 6.26 Å². The molecule has 0 aliphatic heterocycles. The molecule has 2 rings (SSSR count). The van der Waals surface area contributed by atoms with E-state index in [9.17, 15) is 13.2 Å². The number of benzene rings is 1. The minimum atomic E-state index is -3.30. The van der Waals surface area contributed by atoms with Crippen LogP contribution in [0.2, 0.25) is 0 Å². The van der Waals surface area contributed by atoms with Gasteiger partial charge in [0.05, 0.1) is 11.9 Å². The normalized spacial score (nSPS) is 11.4. The lowest BCUT2D eigenvalue weighted by Gasteiger charge is -2.04. The molecule has 0 aliphatic carbocycles. The quantitative estimate of drug-likeness (QED) is 0.806. The van der Waals surface area contributed by atoms with Crippen LogP contribution in [0.4, 0.5) is 0 Å². The van der Waals surface area contributed by atoms with Crippen molar-refractivity contribution < 1.29 is 13.2 Å². The summed E-state index contributed by atoms with van der Waals surface area (Å²) in [5, 5.41) is 3.95. The molecular weight excluding hydrogens is 320 g/mol. The van der Waals surface area contributed by atoms with E-state index >= 15 is 0 Å². The molecule has 94 valence electrons. The van der Waals surface area contributed by atoms with Crippen LogP contribution in [0.1, 0.15) is 10.4 Å². The number of carbonyl (C=O) groups is 1. The maximum absolute atomic E-state index is 11.4. The smallest absolute Gasteiger partial charge is 0.178 e. The maximum Gasteiger partial charge on any atom is 0.178 e. The van der Waals surface area contributed by atoms with Gasteiger partial charge in [0.15, 0.2) is 16.1 Å². The summed E-state index contributed by atoms with van der Waals surface area (Å²) >= 11 is 3.26. The Morgan fingerprint density at radius 3 is 2.67 bits per heavy atom. The first-order chi connectivity index (χ1) is 8.41. The first-order valence-corrected chi connectivity index (χ1v) is 7.60. The van der Waals surface area contributed by atoms with Crippen LogP contribution < -0.4 is 0 Å². The molecule has 0 fully saturated rings. The van der Waals surface area contributed by atoms with Gasteiger partial charge >= 0.3 is 0 Å². The number of rotatable bonds is 3. The van der Waals surface area contributed by atoms with Gasteiger partial charge in [0.2, 0.25) is 0 Å². The van der Waals surface area contributed by atoms with Crippen LogP contribution in [0.3, 0.4) is 0 Å². The Balaban J connectivity index is 2.56. The highest BCUT2D eigenvalue weighted by atomic mass is 79.9. The minimum Gasteiger partial charge on any atom is -0.298 e. The Morgan fingerprint density at radius 1 is 1.39 bits per heavy atom. The predicted octanol–water partition coefficient (Wildman–Crippen LogP) is 1.85. The average Bonchev–Trinajstić information content (AvgIpc) is 2.77. The van der Waals surface area contributed by atoms with Gasteiger partial charge in [-0.15, -0.1) is 0 Å². The molecule has 0 N–H and O–H groups in total. The highest BCUT2D eigenvalue weighted by Crippen LogP contribution is 2.19. The molecule has 7 heteroatoms. The molecule has 0 unspecified atom stereocenters. The van der Waals surface area contributed by atoms with Crippen molar-refractivity contribution >= 4 is 32.1 Å². The second-order valence-electron chi connectivity index (χ2n) is 3.71. The van der Waals surface area contributed by atoms with Crippen molar-refractivity contribution in [3.8, 4) is 5.69 Å². The zero-order chi connectivity index (χ0) is 13.3. The van der Waals surface area contributed by atoms with E-state index in [1.54, 1.807) is 18.2 Å². The third-order valence-electron chi connectivity index (χ3n) is 2.35. The van der Waals surface area contributed by atoms with E-state index in [2.05, 4.69) is 21.0 Å². The van der Waals surface area contributed by atoms with E-state index in [0.29, 0.717) is 17.5 Å². The van der Waals surface area contributed by atoms with Crippen molar-refractivity contribution in [3.05, 3.63) is 40.6 Å². The summed E-state index contributed by atoms with van der Waals surface area (Å²) in [6.07, 6.45) is 4.44. The molecule has 0 spiro atoms. The van der Waals surface area contributed by atoms with Gasteiger partial charge in [0.1, 0.15) is 4.90 Å². The molecule has 0 aliphatic rings. The summed E-state index contributed by atoms with van der Waals surface area (Å²) in [6, 6.07) is 5.08. The third-order valence-corrected chi connectivity index (χ3v) is 3.91. The zero-order valence-electron chi connectivity index (χ0n) is 9.37. The van der Waals surface area contributed by atoms with E-state index in [-0.39, 0.29) is 4.90 Å². The molecule has 0 amide bonds. The maximum atomic E-state index is 11.4. The molecule has 1 aromatic carbocycles. The fourth-order valence-corrected chi connectivity index (χ4v) is 2.37. The molecule has 18 heavy (non-hydrogen) atoms. The fourth-order valence-electron chi connectivity index (χ4n) is 1.46. The van der Waals surface area contributed by atoms with Crippen LogP contribution in [-0.2, 0) is 9.84 Å². The molecule has 1 heterocycles. The second-order valence-corrected chi connectivity index (χ2v) is 6.65. The van der Waals surface area contributed by atoms with Gasteiger partial charge in [0.25, 0.3) is 0 Å². The van der Waals surface area contributed by atoms with Crippen molar-refractivity contribution in [1.29, 1.82) is 0 Å². The number of halogens is 1. The lowest BCUT2D eigenvalue weighted by atomic mass is 10.2. The predicted molar refractivity (Wildman–Crippen MR) is 69.8 cm³/mol. The first-order valence-electron chi connectivity index (χ1n) is 4.91. The summed E-state index contributed by atoms with van der Waals surface area (Å²) in [4.78, 5) is 11.1. The lowest BCUT2D eigenvalue weighted by molar-refractivity contribution is 0.112. The van der Waals surface area contributed by atoms with Crippen molar-refractivity contribution in [2.24, 2.45) is 0 Å². The van der Waals surface area contributed by atoms with Crippen LogP contribution in [-0.4, -0.2) is 30.7 Å². The number of nitrogens with zero attached hydrogens (tertiary/aromatic N) is 2. The van der Waals surface area contributed by atoms with Gasteiger partial charge in [-0.25, -0.2) is 13.1 Å². The largest absolute Gasteiger partial charge is 0.298 e. The Hall–Kier alpha value is -1.47. The van der Waals surface area contributed by atoms with Gasteiger partial charge in [-0.05, 0) is 18.2 Å². The van der Waals surface area contributed by atoms with Crippen LogP contribution in [0.5, 0.6) is 0 Å². The molecule has 1 aromatic heterocycles. The average molecular weight is 329 g/mol. The number of sulfone groups is 1. The summed E-state index contributed by atoms with van der Waals surface area (Å²) in [7, 11) is -3.30. The van der Waals surface area contributed by atoms with E-state index < -0.39 is 9.84 Å². The molecule has 0 saturated carbocycles. The molecule has 2 aromatic rings. The first kappa shape index (κ1) is 13.0. The van der Waals surface area contributed by atoms with Gasteiger partial charge in [-0.2, -0.15) is 5.10 Å². The van der Waals surface area contributed by atoms with E-state index in [1.165, 1.54) is 17.1 Å². The third kappa shape index (κ3) is 2.51. The highest BCUT2D eigenvalue weighted by molar-refractivity contribution is 9.10.